The van der Waals surface area contributed by atoms with E-state index in [0.717, 1.165) is 11.3 Å². The largest absolute Gasteiger partial charge is 0.484 e. The van der Waals surface area contributed by atoms with Gasteiger partial charge in [0, 0.05) is 24.7 Å². The maximum atomic E-state index is 12.0. The van der Waals surface area contributed by atoms with Crippen LogP contribution in [0.15, 0.2) is 24.6 Å². The van der Waals surface area contributed by atoms with Gasteiger partial charge in [-0.15, -0.1) is 0 Å². The Hall–Kier alpha value is -1.64. The number of carbonyl (C=O) groups is 1. The third kappa shape index (κ3) is 2.55. The molecule has 0 saturated heterocycles. The topological polar surface area (TPSA) is 39.2 Å². The van der Waals surface area contributed by atoms with Gasteiger partial charge < -0.3 is 4.74 Å². The molecule has 2 rings (SSSR count). The first kappa shape index (κ1) is 13.8. The Morgan fingerprint density at radius 1 is 1.37 bits per heavy atom. The normalized spacial score (nSPS) is 21.3. The average molecular weight is 259 g/mol. The Balaban J connectivity index is 2.36. The van der Waals surface area contributed by atoms with E-state index in [4.69, 9.17) is 4.74 Å². The maximum Gasteiger partial charge on any atom is 0.174 e. The van der Waals surface area contributed by atoms with E-state index >= 15 is 0 Å². The van der Waals surface area contributed by atoms with Gasteiger partial charge in [-0.25, -0.2) is 0 Å². The highest BCUT2D eigenvalue weighted by molar-refractivity contribution is 5.87. The van der Waals surface area contributed by atoms with Crippen molar-refractivity contribution in [3.05, 3.63) is 41.4 Å². The number of pyridine rings is 1. The molecule has 1 unspecified atom stereocenters. The summed E-state index contributed by atoms with van der Waals surface area (Å²) in [4.78, 5) is 16.5. The lowest BCUT2D eigenvalue weighted by Crippen LogP contribution is -2.40. The van der Waals surface area contributed by atoms with Gasteiger partial charge in [0.1, 0.15) is 0 Å². The van der Waals surface area contributed by atoms with E-state index in [1.807, 2.05) is 6.20 Å². The van der Waals surface area contributed by atoms with E-state index in [-0.39, 0.29) is 5.78 Å². The van der Waals surface area contributed by atoms with Crippen molar-refractivity contribution in [3.8, 4) is 0 Å². The van der Waals surface area contributed by atoms with Crippen molar-refractivity contribution in [2.24, 2.45) is 0 Å². The summed E-state index contributed by atoms with van der Waals surface area (Å²) < 4.78 is 5.77. The summed E-state index contributed by atoms with van der Waals surface area (Å²) in [6.45, 7) is 11.4. The molecule has 102 valence electrons. The third-order valence-corrected chi connectivity index (χ3v) is 3.66. The highest BCUT2D eigenvalue weighted by Gasteiger charge is 2.44. The van der Waals surface area contributed by atoms with Crippen LogP contribution in [0.1, 0.15) is 50.4 Å². The van der Waals surface area contributed by atoms with Gasteiger partial charge in [0.2, 0.25) is 0 Å². The van der Waals surface area contributed by atoms with Gasteiger partial charge >= 0.3 is 0 Å². The Morgan fingerprint density at radius 3 is 2.53 bits per heavy atom. The van der Waals surface area contributed by atoms with Crippen molar-refractivity contribution < 1.29 is 9.53 Å². The predicted molar refractivity (Wildman–Crippen MR) is 75.0 cm³/mol. The molecule has 0 radical (unpaired) electrons. The summed E-state index contributed by atoms with van der Waals surface area (Å²) in [6, 6.07) is 2.10. The second kappa shape index (κ2) is 4.80. The molecule has 0 aliphatic heterocycles. The summed E-state index contributed by atoms with van der Waals surface area (Å²) in [5, 5.41) is 0. The minimum Gasteiger partial charge on any atom is -0.484 e. The Bertz CT molecular complexity index is 534. The van der Waals surface area contributed by atoms with Crippen molar-refractivity contribution in [2.45, 2.75) is 52.1 Å². The smallest absolute Gasteiger partial charge is 0.174 e. The highest BCUT2D eigenvalue weighted by Crippen LogP contribution is 2.35. The summed E-state index contributed by atoms with van der Waals surface area (Å²) in [6.07, 6.45) is 3.10. The summed E-state index contributed by atoms with van der Waals surface area (Å²) in [5.74, 6) is 1.03. The number of fused-ring (bicyclic) bond motifs is 1. The van der Waals surface area contributed by atoms with E-state index in [9.17, 15) is 4.79 Å². The number of hydrogen-bond donors (Lipinski definition) is 0. The molecular weight excluding hydrogens is 238 g/mol. The van der Waals surface area contributed by atoms with Crippen LogP contribution in [0.2, 0.25) is 0 Å². The molecule has 3 nitrogen and oxygen atoms in total. The lowest BCUT2D eigenvalue weighted by Gasteiger charge is -2.27. The summed E-state index contributed by atoms with van der Waals surface area (Å²) in [5.41, 5.74) is 2.58. The molecule has 0 N–H and O–H groups in total. The molecule has 0 amide bonds. The van der Waals surface area contributed by atoms with Crippen LogP contribution in [-0.2, 0) is 22.4 Å². The number of rotatable bonds is 4. The van der Waals surface area contributed by atoms with Gasteiger partial charge in [-0.05, 0) is 37.0 Å². The van der Waals surface area contributed by atoms with Crippen molar-refractivity contribution in [3.63, 3.8) is 0 Å². The highest BCUT2D eigenvalue weighted by atomic mass is 16.5. The van der Waals surface area contributed by atoms with Gasteiger partial charge in [0.05, 0.1) is 5.76 Å². The number of nitrogens with zero attached hydrogens (tertiary/aromatic N) is 1. The lowest BCUT2D eigenvalue weighted by atomic mass is 9.95. The molecule has 3 heteroatoms. The number of ketones is 1. The third-order valence-electron chi connectivity index (χ3n) is 3.66. The van der Waals surface area contributed by atoms with Gasteiger partial charge in [0.15, 0.2) is 11.4 Å². The molecule has 1 aliphatic carbocycles. The van der Waals surface area contributed by atoms with Crippen molar-refractivity contribution in [1.82, 2.24) is 4.98 Å². The molecule has 1 aromatic heterocycles. The predicted octanol–water partition coefficient (Wildman–Crippen LogP) is 3.18. The van der Waals surface area contributed by atoms with Crippen LogP contribution >= 0.6 is 0 Å². The number of allylic oxidation sites excluding steroid dienone is 1. The van der Waals surface area contributed by atoms with Gasteiger partial charge in [-0.3, -0.25) is 9.78 Å². The molecule has 0 saturated carbocycles. The molecule has 0 spiro atoms. The van der Waals surface area contributed by atoms with Crippen molar-refractivity contribution in [1.29, 1.82) is 0 Å². The fourth-order valence-corrected chi connectivity index (χ4v) is 2.59. The van der Waals surface area contributed by atoms with Crippen LogP contribution in [0, 0.1) is 0 Å². The van der Waals surface area contributed by atoms with Crippen molar-refractivity contribution in [2.75, 3.05) is 0 Å². The first-order valence-electron chi connectivity index (χ1n) is 6.67. The van der Waals surface area contributed by atoms with Crippen LogP contribution in [0.25, 0.3) is 0 Å². The molecule has 1 heterocycles. The second-order valence-electron chi connectivity index (χ2n) is 5.74. The van der Waals surface area contributed by atoms with Gasteiger partial charge in [-0.2, -0.15) is 0 Å². The van der Waals surface area contributed by atoms with E-state index in [0.29, 0.717) is 24.5 Å². The minimum absolute atomic E-state index is 0.0535. The van der Waals surface area contributed by atoms with E-state index in [1.54, 1.807) is 13.8 Å². The molecule has 0 aromatic carbocycles. The molecule has 0 fully saturated rings. The summed E-state index contributed by atoms with van der Waals surface area (Å²) in [7, 11) is 0. The molecule has 19 heavy (non-hydrogen) atoms. The first-order valence-corrected chi connectivity index (χ1v) is 6.67. The minimum atomic E-state index is -0.772. The van der Waals surface area contributed by atoms with E-state index in [2.05, 4.69) is 31.5 Å². The molecule has 1 atom stereocenters. The van der Waals surface area contributed by atoms with Crippen LogP contribution in [0.5, 0.6) is 0 Å². The standard InChI is InChI=1S/C16H21NO2/c1-10(2)15-6-13-7-16(12(5)18,19-11(3)4)8-14(13)9-17-15/h6,9-10H,3,7-8H2,1-2,4-5H3. The Morgan fingerprint density at radius 2 is 2.00 bits per heavy atom. The lowest BCUT2D eigenvalue weighted by molar-refractivity contribution is -0.136. The quantitative estimate of drug-likeness (QED) is 0.780. The van der Waals surface area contributed by atoms with Crippen LogP contribution in [0.3, 0.4) is 0 Å². The number of carbonyl (C=O) groups excluding carboxylic acids is 1. The monoisotopic (exact) mass is 259 g/mol. The molecular formula is C16H21NO2. The molecule has 1 aliphatic rings. The molecule has 1 aromatic rings. The van der Waals surface area contributed by atoms with Crippen molar-refractivity contribution >= 4 is 5.78 Å². The van der Waals surface area contributed by atoms with Gasteiger partial charge in [0.25, 0.3) is 0 Å². The zero-order valence-electron chi connectivity index (χ0n) is 12.1. The molecule has 0 bridgehead atoms. The van der Waals surface area contributed by atoms with Crippen LogP contribution in [0.4, 0.5) is 0 Å². The zero-order chi connectivity index (χ0) is 14.2. The fourth-order valence-electron chi connectivity index (χ4n) is 2.59. The Labute approximate surface area is 114 Å². The average Bonchev–Trinajstić information content (AvgIpc) is 2.65. The Kier molecular flexibility index (Phi) is 3.48. The zero-order valence-corrected chi connectivity index (χ0v) is 12.1. The first-order chi connectivity index (χ1) is 8.84. The maximum absolute atomic E-state index is 12.0. The van der Waals surface area contributed by atoms with E-state index < -0.39 is 5.60 Å². The fraction of sp³-hybridized carbons (Fsp3) is 0.500. The number of aromatic nitrogens is 1. The number of hydrogen-bond acceptors (Lipinski definition) is 3. The second-order valence-corrected chi connectivity index (χ2v) is 5.74. The SMILES string of the molecule is C=C(C)OC1(C(C)=O)Cc2cnc(C(C)C)cc2C1. The van der Waals surface area contributed by atoms with Crippen LogP contribution < -0.4 is 0 Å². The van der Waals surface area contributed by atoms with E-state index in [1.165, 1.54) is 5.56 Å². The summed E-state index contributed by atoms with van der Waals surface area (Å²) >= 11 is 0. The number of ether oxygens (including phenoxy) is 1. The number of Topliss-reactive ketones (excluding diaryl/α,β-unsaturated/α-hetero) is 1. The van der Waals surface area contributed by atoms with Crippen LogP contribution in [-0.4, -0.2) is 16.4 Å². The van der Waals surface area contributed by atoms with Gasteiger partial charge in [-0.1, -0.05) is 20.4 Å².